The Bertz CT molecular complexity index is 1060. The Hall–Kier alpha value is -2.47. The molecule has 2 amide bonds. The number of halogens is 1. The SMILES string of the molecule is CNSC(=O)NS(=O)(=O)c1cc(CCNC(=O)c2cc(Cl)ccc2OC)ccc1OC. The fourth-order valence-corrected chi connectivity index (χ4v) is 4.54. The number of rotatable bonds is 9. The number of sulfonamides is 1. The molecule has 0 radical (unpaired) electrons. The largest absolute Gasteiger partial charge is 0.496 e. The molecule has 0 aliphatic carbocycles. The predicted octanol–water partition coefficient (Wildman–Crippen LogP) is 2.60. The number of nitrogens with one attached hydrogen (secondary N) is 3. The summed E-state index contributed by atoms with van der Waals surface area (Å²) in [5.41, 5.74) is 0.908. The van der Waals surface area contributed by atoms with Gasteiger partial charge in [0.2, 0.25) is 0 Å². The third-order valence-electron chi connectivity index (χ3n) is 4.04. The van der Waals surface area contributed by atoms with Crippen molar-refractivity contribution in [2.45, 2.75) is 11.3 Å². The van der Waals surface area contributed by atoms with E-state index in [4.69, 9.17) is 21.1 Å². The monoisotopic (exact) mass is 487 g/mol. The first-order valence-corrected chi connectivity index (χ1v) is 11.6. The molecule has 168 valence electrons. The fraction of sp³-hybridized carbons (Fsp3) is 0.263. The molecule has 0 aliphatic rings. The summed E-state index contributed by atoms with van der Waals surface area (Å²) in [6.45, 7) is 0.224. The molecule has 0 bridgehead atoms. The zero-order valence-corrected chi connectivity index (χ0v) is 19.4. The Balaban J connectivity index is 2.13. The van der Waals surface area contributed by atoms with Crippen LogP contribution in [-0.4, -0.2) is 47.4 Å². The number of hydrogen-bond acceptors (Lipinski definition) is 8. The predicted molar refractivity (Wildman–Crippen MR) is 119 cm³/mol. The molecule has 0 heterocycles. The van der Waals surface area contributed by atoms with Gasteiger partial charge in [-0.05, 0) is 49.4 Å². The van der Waals surface area contributed by atoms with E-state index in [9.17, 15) is 18.0 Å². The number of methoxy groups -OCH3 is 2. The summed E-state index contributed by atoms with van der Waals surface area (Å²) in [7, 11) is 0.124. The van der Waals surface area contributed by atoms with Gasteiger partial charge < -0.3 is 14.8 Å². The van der Waals surface area contributed by atoms with Crippen molar-refractivity contribution >= 4 is 44.7 Å². The lowest BCUT2D eigenvalue weighted by Gasteiger charge is -2.13. The van der Waals surface area contributed by atoms with Crippen molar-refractivity contribution in [3.63, 3.8) is 0 Å². The first-order chi connectivity index (χ1) is 14.7. The molecule has 31 heavy (non-hydrogen) atoms. The van der Waals surface area contributed by atoms with Crippen molar-refractivity contribution in [1.29, 1.82) is 0 Å². The molecule has 3 N–H and O–H groups in total. The molecule has 0 fully saturated rings. The van der Waals surface area contributed by atoms with Gasteiger partial charge >= 0.3 is 5.24 Å². The van der Waals surface area contributed by atoms with E-state index < -0.39 is 15.3 Å². The molecule has 0 saturated carbocycles. The number of amides is 2. The summed E-state index contributed by atoms with van der Waals surface area (Å²) in [6.07, 6.45) is 0.334. The van der Waals surface area contributed by atoms with Crippen molar-refractivity contribution in [2.24, 2.45) is 0 Å². The molecule has 0 spiro atoms. The first-order valence-electron chi connectivity index (χ1n) is 8.90. The lowest BCUT2D eigenvalue weighted by Crippen LogP contribution is -2.29. The highest BCUT2D eigenvalue weighted by molar-refractivity contribution is 8.13. The van der Waals surface area contributed by atoms with E-state index in [2.05, 4.69) is 10.0 Å². The minimum Gasteiger partial charge on any atom is -0.496 e. The zero-order valence-electron chi connectivity index (χ0n) is 17.0. The van der Waals surface area contributed by atoms with Crippen LogP contribution in [0.25, 0.3) is 0 Å². The highest BCUT2D eigenvalue weighted by Crippen LogP contribution is 2.26. The number of carbonyl (C=O) groups excluding carboxylic acids is 2. The van der Waals surface area contributed by atoms with E-state index in [1.807, 2.05) is 4.72 Å². The van der Waals surface area contributed by atoms with Gasteiger partial charge in [0.05, 0.1) is 19.8 Å². The Morgan fingerprint density at radius 2 is 1.74 bits per heavy atom. The molecular formula is C19H22ClN3O6S2. The second kappa shape index (κ2) is 11.2. The van der Waals surface area contributed by atoms with Crippen molar-refractivity contribution in [3.05, 3.63) is 52.5 Å². The standard InChI is InChI=1S/C19H22ClN3O6S2/c1-21-30-19(25)23-31(26,27)17-10-12(4-6-16(17)29-3)8-9-22-18(24)14-11-13(20)5-7-15(14)28-2/h4-7,10-11,21H,8-9H2,1-3H3,(H,22,24)(H,23,25). The number of carbonyl (C=O) groups is 2. The average molecular weight is 488 g/mol. The van der Waals surface area contributed by atoms with Crippen molar-refractivity contribution in [1.82, 2.24) is 14.8 Å². The van der Waals surface area contributed by atoms with Crippen LogP contribution in [0, 0.1) is 0 Å². The molecule has 9 nitrogen and oxygen atoms in total. The Labute approximate surface area is 190 Å². The fourth-order valence-electron chi connectivity index (χ4n) is 2.64. The van der Waals surface area contributed by atoms with Gasteiger partial charge in [0, 0.05) is 23.5 Å². The first kappa shape index (κ1) is 24.8. The van der Waals surface area contributed by atoms with Gasteiger partial charge in [-0.15, -0.1) is 0 Å². The zero-order chi connectivity index (χ0) is 23.0. The minimum absolute atomic E-state index is 0.0891. The van der Waals surface area contributed by atoms with E-state index in [0.29, 0.717) is 34.7 Å². The lowest BCUT2D eigenvalue weighted by molar-refractivity contribution is 0.0951. The maximum atomic E-state index is 12.6. The third kappa shape index (κ3) is 6.76. The van der Waals surface area contributed by atoms with Gasteiger partial charge in [0.1, 0.15) is 16.4 Å². The van der Waals surface area contributed by atoms with Gasteiger partial charge in [-0.25, -0.2) is 13.1 Å². The minimum atomic E-state index is -4.15. The van der Waals surface area contributed by atoms with E-state index in [-0.39, 0.29) is 28.7 Å². The van der Waals surface area contributed by atoms with Crippen molar-refractivity contribution in [3.8, 4) is 11.5 Å². The van der Waals surface area contributed by atoms with Crippen LogP contribution in [0.2, 0.25) is 5.02 Å². The molecule has 2 aromatic carbocycles. The summed E-state index contributed by atoms with van der Waals surface area (Å²) in [5, 5.41) is 2.36. The van der Waals surface area contributed by atoms with Crippen LogP contribution in [0.5, 0.6) is 11.5 Å². The van der Waals surface area contributed by atoms with E-state index in [0.717, 1.165) is 0 Å². The van der Waals surface area contributed by atoms with Gasteiger partial charge in [0.15, 0.2) is 0 Å². The number of hydrogen-bond donors (Lipinski definition) is 3. The molecule has 2 rings (SSSR count). The highest BCUT2D eigenvalue weighted by Gasteiger charge is 2.23. The molecule has 0 aliphatic heterocycles. The number of benzene rings is 2. The topological polar surface area (TPSA) is 123 Å². The molecule has 0 aromatic heterocycles. The number of ether oxygens (including phenoxy) is 2. The second-order valence-corrected chi connectivity index (χ2v) is 9.11. The van der Waals surface area contributed by atoms with Gasteiger partial charge in [-0.2, -0.15) is 0 Å². The van der Waals surface area contributed by atoms with E-state index >= 15 is 0 Å². The quantitative estimate of drug-likeness (QED) is 0.461. The average Bonchev–Trinajstić information content (AvgIpc) is 2.73. The molecule has 0 saturated heterocycles. The summed E-state index contributed by atoms with van der Waals surface area (Å²) in [6, 6.07) is 9.27. The van der Waals surface area contributed by atoms with Crippen LogP contribution < -0.4 is 24.2 Å². The Kier molecular flexibility index (Phi) is 8.99. The Morgan fingerprint density at radius 3 is 2.39 bits per heavy atom. The highest BCUT2D eigenvalue weighted by atomic mass is 35.5. The van der Waals surface area contributed by atoms with Crippen molar-refractivity contribution < 1.29 is 27.5 Å². The van der Waals surface area contributed by atoms with Crippen LogP contribution in [0.4, 0.5) is 4.79 Å². The van der Waals surface area contributed by atoms with Crippen LogP contribution in [0.15, 0.2) is 41.3 Å². The van der Waals surface area contributed by atoms with Gasteiger partial charge in [0.25, 0.3) is 15.9 Å². The normalized spacial score (nSPS) is 11.0. The maximum Gasteiger partial charge on any atom is 0.307 e. The molecule has 12 heteroatoms. The van der Waals surface area contributed by atoms with Crippen LogP contribution >= 0.6 is 23.5 Å². The summed E-state index contributed by atoms with van der Waals surface area (Å²) in [4.78, 5) is 24.0. The van der Waals surface area contributed by atoms with Gasteiger partial charge in [-0.1, -0.05) is 17.7 Å². The van der Waals surface area contributed by atoms with Crippen LogP contribution in [0.3, 0.4) is 0 Å². The summed E-state index contributed by atoms with van der Waals surface area (Å²) >= 11 is 6.55. The maximum absolute atomic E-state index is 12.6. The smallest absolute Gasteiger partial charge is 0.307 e. The summed E-state index contributed by atoms with van der Waals surface area (Å²) in [5.74, 6) is 0.0955. The van der Waals surface area contributed by atoms with E-state index in [1.54, 1.807) is 18.2 Å². The van der Waals surface area contributed by atoms with Gasteiger partial charge in [-0.3, -0.25) is 14.3 Å². The summed E-state index contributed by atoms with van der Waals surface area (Å²) < 4.78 is 39.9. The lowest BCUT2D eigenvalue weighted by atomic mass is 10.1. The van der Waals surface area contributed by atoms with Crippen LogP contribution in [-0.2, 0) is 16.4 Å². The van der Waals surface area contributed by atoms with E-state index in [1.165, 1.54) is 39.5 Å². The van der Waals surface area contributed by atoms with Crippen molar-refractivity contribution in [2.75, 3.05) is 27.8 Å². The Morgan fingerprint density at radius 1 is 1.06 bits per heavy atom. The van der Waals surface area contributed by atoms with Crippen LogP contribution in [0.1, 0.15) is 15.9 Å². The second-order valence-electron chi connectivity index (χ2n) is 6.03. The molecule has 0 unspecified atom stereocenters. The molecular weight excluding hydrogens is 466 g/mol. The third-order valence-corrected chi connectivity index (χ3v) is 6.24. The molecule has 0 atom stereocenters. The molecule has 2 aromatic rings.